The molecule has 0 unspecified atom stereocenters. The van der Waals surface area contributed by atoms with E-state index in [2.05, 4.69) is 36.4 Å². The zero-order valence-corrected chi connectivity index (χ0v) is 16.1. The predicted molar refractivity (Wildman–Crippen MR) is 112 cm³/mol. The first kappa shape index (κ1) is 19.4. The first-order valence-corrected chi connectivity index (χ1v) is 10.2. The summed E-state index contributed by atoms with van der Waals surface area (Å²) in [5.41, 5.74) is 4.81. The third-order valence-electron chi connectivity index (χ3n) is 5.19. The summed E-state index contributed by atoms with van der Waals surface area (Å²) >= 11 is 0. The van der Waals surface area contributed by atoms with Crippen molar-refractivity contribution >= 4 is 0 Å². The lowest BCUT2D eigenvalue weighted by molar-refractivity contribution is 0.282. The average Bonchev–Trinajstić information content (AvgIpc) is 3.24. The van der Waals surface area contributed by atoms with E-state index in [1.807, 2.05) is 24.3 Å². The molecule has 2 aromatic carbocycles. The quantitative estimate of drug-likeness (QED) is 0.392. The van der Waals surface area contributed by atoms with Crippen molar-refractivity contribution in [1.29, 1.82) is 0 Å². The van der Waals surface area contributed by atoms with Crippen molar-refractivity contribution in [3.05, 3.63) is 83.8 Å². The summed E-state index contributed by atoms with van der Waals surface area (Å²) in [6.45, 7) is 0.0858. The Morgan fingerprint density at radius 1 is 0.593 bits per heavy atom. The monoisotopic (exact) mass is 362 g/mol. The highest BCUT2D eigenvalue weighted by molar-refractivity contribution is 5.70. The van der Waals surface area contributed by atoms with Gasteiger partial charge in [0.25, 0.3) is 0 Å². The third-order valence-corrected chi connectivity index (χ3v) is 5.19. The van der Waals surface area contributed by atoms with Gasteiger partial charge in [-0.25, -0.2) is 0 Å². The van der Waals surface area contributed by atoms with Crippen LogP contribution in [0.3, 0.4) is 0 Å². The molecule has 0 saturated heterocycles. The molecule has 1 heterocycles. The minimum atomic E-state index is 0.0858. The summed E-state index contributed by atoms with van der Waals surface area (Å²) in [5.74, 6) is 1.11. The van der Waals surface area contributed by atoms with Crippen LogP contribution in [0.5, 0.6) is 0 Å². The molecule has 3 aromatic rings. The molecular formula is C25H30O2. The molecule has 0 bridgehead atoms. The van der Waals surface area contributed by atoms with E-state index in [9.17, 15) is 5.11 Å². The van der Waals surface area contributed by atoms with Gasteiger partial charge in [0.05, 0.1) is 12.9 Å². The van der Waals surface area contributed by atoms with Gasteiger partial charge in [0.15, 0.2) is 0 Å². The van der Waals surface area contributed by atoms with Gasteiger partial charge in [0.2, 0.25) is 0 Å². The Morgan fingerprint density at radius 2 is 1.19 bits per heavy atom. The molecule has 0 aliphatic carbocycles. The van der Waals surface area contributed by atoms with Crippen LogP contribution in [0.1, 0.15) is 55.4 Å². The minimum absolute atomic E-state index is 0.0858. The Labute approximate surface area is 162 Å². The summed E-state index contributed by atoms with van der Waals surface area (Å²) < 4.78 is 5.38. The van der Waals surface area contributed by atoms with E-state index < -0.39 is 0 Å². The number of hydrogen-bond donors (Lipinski definition) is 1. The Balaban J connectivity index is 1.42. The largest absolute Gasteiger partial charge is 0.469 e. The topological polar surface area (TPSA) is 33.4 Å². The lowest BCUT2D eigenvalue weighted by Crippen LogP contribution is -1.94. The average molecular weight is 363 g/mol. The second kappa shape index (κ2) is 10.7. The van der Waals surface area contributed by atoms with Crippen molar-refractivity contribution in [3.8, 4) is 11.1 Å². The molecule has 0 saturated carbocycles. The molecule has 27 heavy (non-hydrogen) atoms. The van der Waals surface area contributed by atoms with E-state index in [-0.39, 0.29) is 6.61 Å². The maximum Gasteiger partial charge on any atom is 0.103 e. The second-order valence-electron chi connectivity index (χ2n) is 7.17. The molecule has 3 rings (SSSR count). The van der Waals surface area contributed by atoms with Crippen LogP contribution in [-0.4, -0.2) is 5.11 Å². The number of hydrogen-bond acceptors (Lipinski definition) is 2. The van der Waals surface area contributed by atoms with Crippen molar-refractivity contribution in [3.63, 3.8) is 0 Å². The highest BCUT2D eigenvalue weighted by Crippen LogP contribution is 2.28. The van der Waals surface area contributed by atoms with Gasteiger partial charge in [-0.2, -0.15) is 0 Å². The fourth-order valence-electron chi connectivity index (χ4n) is 3.70. The summed E-state index contributed by atoms with van der Waals surface area (Å²) in [6, 6.07) is 20.8. The van der Waals surface area contributed by atoms with E-state index >= 15 is 0 Å². The molecular weight excluding hydrogens is 332 g/mol. The molecule has 2 heteroatoms. The van der Waals surface area contributed by atoms with E-state index in [0.717, 1.165) is 29.7 Å². The van der Waals surface area contributed by atoms with Crippen LogP contribution in [0.4, 0.5) is 0 Å². The van der Waals surface area contributed by atoms with Crippen LogP contribution in [0.15, 0.2) is 71.3 Å². The zero-order valence-electron chi connectivity index (χ0n) is 16.1. The van der Waals surface area contributed by atoms with Crippen LogP contribution in [0.25, 0.3) is 11.1 Å². The van der Waals surface area contributed by atoms with Crippen molar-refractivity contribution in [2.75, 3.05) is 0 Å². The lowest BCUT2D eigenvalue weighted by Gasteiger charge is -2.13. The molecule has 0 radical (unpaired) electrons. The van der Waals surface area contributed by atoms with Crippen molar-refractivity contribution in [2.45, 2.75) is 58.0 Å². The van der Waals surface area contributed by atoms with Crippen molar-refractivity contribution in [1.82, 2.24) is 0 Å². The number of unbranched alkanes of at least 4 members (excludes halogenated alkanes) is 5. The molecule has 2 nitrogen and oxygen atoms in total. The molecule has 0 aliphatic heterocycles. The maximum atomic E-state index is 9.64. The van der Waals surface area contributed by atoms with Gasteiger partial charge in [-0.05, 0) is 53.6 Å². The van der Waals surface area contributed by atoms with Crippen molar-refractivity contribution in [2.24, 2.45) is 0 Å². The molecule has 0 aliphatic rings. The Kier molecular flexibility index (Phi) is 7.73. The van der Waals surface area contributed by atoms with Gasteiger partial charge in [0, 0.05) is 6.42 Å². The predicted octanol–water partition coefficient (Wildman–Crippen LogP) is 6.56. The Bertz CT molecular complexity index is 790. The fraction of sp³-hybridized carbons (Fsp3) is 0.360. The Hall–Kier alpha value is -2.32. The van der Waals surface area contributed by atoms with Crippen LogP contribution in [-0.2, 0) is 19.4 Å². The molecule has 142 valence electrons. The Morgan fingerprint density at radius 3 is 1.85 bits per heavy atom. The fourth-order valence-corrected chi connectivity index (χ4v) is 3.70. The molecule has 0 fully saturated rings. The van der Waals surface area contributed by atoms with E-state index in [0.29, 0.717) is 0 Å². The number of aliphatic hydroxyl groups is 1. The summed E-state index contributed by atoms with van der Waals surface area (Å²) in [6.07, 6.45) is 11.5. The van der Waals surface area contributed by atoms with Gasteiger partial charge in [-0.1, -0.05) is 74.2 Å². The van der Waals surface area contributed by atoms with Crippen LogP contribution < -0.4 is 0 Å². The highest BCUT2D eigenvalue weighted by Gasteiger charge is 2.08. The number of benzene rings is 2. The second-order valence-corrected chi connectivity index (χ2v) is 7.17. The number of aryl methyl sites for hydroxylation is 2. The van der Waals surface area contributed by atoms with Gasteiger partial charge < -0.3 is 9.52 Å². The molecule has 1 N–H and O–H groups in total. The van der Waals surface area contributed by atoms with E-state index in [1.54, 1.807) is 6.26 Å². The van der Waals surface area contributed by atoms with Gasteiger partial charge in [0.1, 0.15) is 5.76 Å². The summed E-state index contributed by atoms with van der Waals surface area (Å²) in [7, 11) is 0. The first-order chi connectivity index (χ1) is 13.4. The minimum Gasteiger partial charge on any atom is -0.469 e. The maximum absolute atomic E-state index is 9.64. The lowest BCUT2D eigenvalue weighted by atomic mass is 9.93. The molecule has 0 amide bonds. The number of aliphatic hydroxyl groups excluding tert-OH is 1. The van der Waals surface area contributed by atoms with Crippen LogP contribution >= 0.6 is 0 Å². The zero-order chi connectivity index (χ0) is 18.7. The van der Waals surface area contributed by atoms with Crippen LogP contribution in [0.2, 0.25) is 0 Å². The number of furan rings is 1. The smallest absolute Gasteiger partial charge is 0.103 e. The van der Waals surface area contributed by atoms with Crippen LogP contribution in [0, 0.1) is 0 Å². The molecule has 0 spiro atoms. The van der Waals surface area contributed by atoms with Gasteiger partial charge in [-0.3, -0.25) is 0 Å². The standard InChI is InChI=1S/C25H30O2/c26-20-22-14-8-10-18-25(22)24-17-9-7-13-21(24)12-5-3-1-2-4-6-15-23-16-11-19-27-23/h7-11,13-14,16-19,26H,1-6,12,15,20H2. The van der Waals surface area contributed by atoms with Crippen molar-refractivity contribution < 1.29 is 9.52 Å². The number of rotatable bonds is 11. The third kappa shape index (κ3) is 5.83. The van der Waals surface area contributed by atoms with E-state index in [4.69, 9.17) is 4.42 Å². The van der Waals surface area contributed by atoms with Gasteiger partial charge in [-0.15, -0.1) is 0 Å². The normalized spacial score (nSPS) is 11.0. The SMILES string of the molecule is OCc1ccccc1-c1ccccc1CCCCCCCCc1ccco1. The molecule has 0 atom stereocenters. The summed E-state index contributed by atoms with van der Waals surface area (Å²) in [4.78, 5) is 0. The first-order valence-electron chi connectivity index (χ1n) is 10.2. The molecule has 1 aromatic heterocycles. The van der Waals surface area contributed by atoms with E-state index in [1.165, 1.54) is 49.7 Å². The summed E-state index contributed by atoms with van der Waals surface area (Å²) in [5, 5.41) is 9.64. The van der Waals surface area contributed by atoms with Gasteiger partial charge >= 0.3 is 0 Å². The highest BCUT2D eigenvalue weighted by atomic mass is 16.3.